The van der Waals surface area contributed by atoms with Gasteiger partial charge in [0.15, 0.2) is 0 Å². The Morgan fingerprint density at radius 1 is 0.516 bits per heavy atom. The first-order valence-electron chi connectivity index (χ1n) is 19.2. The van der Waals surface area contributed by atoms with Gasteiger partial charge in [-0.25, -0.2) is 8.42 Å². The predicted molar refractivity (Wildman–Crippen MR) is 231 cm³/mol. The molecule has 6 aromatic rings. The maximum Gasteiger partial charge on any atom is 0.295 e. The van der Waals surface area contributed by atoms with Crippen LogP contribution in [0.2, 0.25) is 0 Å². The van der Waals surface area contributed by atoms with Crippen LogP contribution in [0, 0.1) is 0 Å². The third-order valence-electron chi connectivity index (χ3n) is 9.42. The number of aromatic nitrogens is 6. The molecule has 0 saturated carbocycles. The molecule has 22 heteroatoms. The Kier molecular flexibility index (Phi) is 12.5. The van der Waals surface area contributed by atoms with Crippen molar-refractivity contribution in [2.75, 3.05) is 83.7 Å². The number of nitrogens with one attached hydrogen (secondary N) is 4. The van der Waals surface area contributed by atoms with E-state index in [4.69, 9.17) is 9.47 Å². The lowest BCUT2D eigenvalue weighted by atomic mass is 10.1. The molecular formula is C40H39N12O8S2-. The van der Waals surface area contributed by atoms with Crippen molar-refractivity contribution in [3.63, 3.8) is 0 Å². The fourth-order valence-corrected chi connectivity index (χ4v) is 7.85. The van der Waals surface area contributed by atoms with E-state index >= 15 is 0 Å². The number of rotatable bonds is 14. The second-order valence-electron chi connectivity index (χ2n) is 13.8. The van der Waals surface area contributed by atoms with Crippen LogP contribution in [0.3, 0.4) is 0 Å². The number of morpholine rings is 2. The quantitative estimate of drug-likeness (QED) is 0.0710. The topological polar surface area (TPSA) is 262 Å². The smallest absolute Gasteiger partial charge is 0.295 e. The van der Waals surface area contributed by atoms with E-state index in [1.165, 1.54) is 42.5 Å². The first-order valence-corrected chi connectivity index (χ1v) is 22.0. The van der Waals surface area contributed by atoms with Gasteiger partial charge in [-0.2, -0.15) is 38.3 Å². The molecule has 2 saturated heterocycles. The van der Waals surface area contributed by atoms with Gasteiger partial charge in [0.1, 0.15) is 15.0 Å². The van der Waals surface area contributed by atoms with Crippen molar-refractivity contribution in [3.8, 4) is 0 Å². The van der Waals surface area contributed by atoms with Crippen LogP contribution in [0.5, 0.6) is 0 Å². The predicted octanol–water partition coefficient (Wildman–Crippen LogP) is 5.03. The fraction of sp³-hybridized carbons (Fsp3) is 0.200. The molecule has 0 spiro atoms. The van der Waals surface area contributed by atoms with Gasteiger partial charge < -0.3 is 45.1 Å². The molecule has 0 bridgehead atoms. The summed E-state index contributed by atoms with van der Waals surface area (Å²) in [7, 11) is -9.93. The summed E-state index contributed by atoms with van der Waals surface area (Å²) < 4.78 is 84.6. The van der Waals surface area contributed by atoms with E-state index in [0.717, 1.165) is 17.4 Å². The van der Waals surface area contributed by atoms with E-state index in [2.05, 4.69) is 51.2 Å². The number of benzene rings is 4. The Hall–Kier alpha value is -6.82. The normalized spacial score (nSPS) is 14.7. The average Bonchev–Trinajstić information content (AvgIpc) is 3.27. The Labute approximate surface area is 356 Å². The molecule has 0 unspecified atom stereocenters. The highest BCUT2D eigenvalue weighted by Crippen LogP contribution is 2.29. The first kappa shape index (κ1) is 41.9. The maximum atomic E-state index is 12.7. The standard InChI is InChI=1S/C40H40N12O8S2/c53-61(54,55)33-25-31(43-37-45-35(41-29-7-3-1-4-8-29)47-39(49-37)51-17-21-59-22-18-51)15-13-27(33)11-12-28-14-16-32(26-34(28)62(56,57)58)44-38-46-36(42-30-9-5-2-6-10-30)48-40(50-38)52-19-23-60-24-20-52/h1-16,25-26H,17-24H2,(H,53,54,55)(H,56,57,58)(H2,41,43,45,47,49)(H2,42,44,46,48,50)/p-1/b12-11+. The lowest BCUT2D eigenvalue weighted by Crippen LogP contribution is -2.37. The summed E-state index contributed by atoms with van der Waals surface area (Å²) >= 11 is 0. The van der Waals surface area contributed by atoms with Crippen molar-refractivity contribution in [1.82, 2.24) is 29.9 Å². The Morgan fingerprint density at radius 3 is 1.27 bits per heavy atom. The molecule has 4 aromatic carbocycles. The average molecular weight is 880 g/mol. The number of ether oxygens (including phenoxy) is 2. The monoisotopic (exact) mass is 879 g/mol. The van der Waals surface area contributed by atoms with Gasteiger partial charge in [0.25, 0.3) is 10.1 Å². The zero-order valence-electron chi connectivity index (χ0n) is 32.7. The molecule has 2 aromatic heterocycles. The van der Waals surface area contributed by atoms with Crippen LogP contribution < -0.4 is 31.1 Å². The van der Waals surface area contributed by atoms with Gasteiger partial charge in [-0.15, -0.1) is 0 Å². The third-order valence-corrected chi connectivity index (χ3v) is 11.2. The van der Waals surface area contributed by atoms with E-state index < -0.39 is 30.0 Å². The molecule has 0 atom stereocenters. The summed E-state index contributed by atoms with van der Waals surface area (Å²) in [5.41, 5.74) is 1.77. The van der Waals surface area contributed by atoms with Crippen LogP contribution in [0.15, 0.2) is 107 Å². The lowest BCUT2D eigenvalue weighted by molar-refractivity contribution is 0.122. The fourth-order valence-electron chi connectivity index (χ4n) is 6.44. The molecule has 62 heavy (non-hydrogen) atoms. The molecule has 2 fully saturated rings. The lowest BCUT2D eigenvalue weighted by Gasteiger charge is -2.27. The van der Waals surface area contributed by atoms with Crippen LogP contribution in [-0.4, -0.2) is 108 Å². The molecule has 20 nitrogen and oxygen atoms in total. The Bertz CT molecular complexity index is 2600. The summed E-state index contributed by atoms with van der Waals surface area (Å²) in [5, 5.41) is 12.3. The van der Waals surface area contributed by atoms with Gasteiger partial charge in [0.2, 0.25) is 35.7 Å². The number of hydrogen-bond donors (Lipinski definition) is 5. The van der Waals surface area contributed by atoms with E-state index in [9.17, 15) is 25.9 Å². The van der Waals surface area contributed by atoms with Crippen molar-refractivity contribution in [3.05, 3.63) is 108 Å². The van der Waals surface area contributed by atoms with Gasteiger partial charge in [0, 0.05) is 48.9 Å². The SMILES string of the molecule is O=S(=O)([O-])c1cc(Nc2nc(Nc3ccccc3)nc(N3CCOCC3)n2)ccc1/C=C/c1ccc(Nc2nc(Nc3ccccc3)nc(N3CCOCC3)n2)cc1S(=O)(=O)O. The van der Waals surface area contributed by atoms with Crippen molar-refractivity contribution in [1.29, 1.82) is 0 Å². The zero-order chi connectivity index (χ0) is 43.1. The van der Waals surface area contributed by atoms with E-state index in [-0.39, 0.29) is 46.3 Å². The Morgan fingerprint density at radius 2 is 0.887 bits per heavy atom. The van der Waals surface area contributed by atoms with Crippen LogP contribution in [0.25, 0.3) is 12.2 Å². The number of hydrogen-bond acceptors (Lipinski definition) is 19. The van der Waals surface area contributed by atoms with Crippen molar-refractivity contribution < 1.29 is 35.4 Å². The zero-order valence-corrected chi connectivity index (χ0v) is 34.4. The third kappa shape index (κ3) is 10.7. The first-order chi connectivity index (χ1) is 29.9. The molecule has 5 N–H and O–H groups in total. The summed E-state index contributed by atoms with van der Waals surface area (Å²) in [4.78, 5) is 29.9. The highest BCUT2D eigenvalue weighted by molar-refractivity contribution is 7.86. The van der Waals surface area contributed by atoms with Crippen LogP contribution in [-0.2, 0) is 29.7 Å². The van der Waals surface area contributed by atoms with Gasteiger partial charge in [-0.1, -0.05) is 60.7 Å². The molecule has 0 radical (unpaired) electrons. The van der Waals surface area contributed by atoms with Crippen molar-refractivity contribution in [2.45, 2.75) is 9.79 Å². The number of nitrogens with zero attached hydrogens (tertiary/aromatic N) is 8. The minimum Gasteiger partial charge on any atom is -0.744 e. The minimum absolute atomic E-state index is 0.00939. The summed E-state index contributed by atoms with van der Waals surface area (Å²) in [5.74, 6) is 1.32. The number of para-hydroxylation sites is 2. The van der Waals surface area contributed by atoms with Crippen LogP contribution in [0.4, 0.5) is 58.4 Å². The van der Waals surface area contributed by atoms with E-state index in [1.54, 1.807) is 0 Å². The van der Waals surface area contributed by atoms with E-state index in [0.29, 0.717) is 64.5 Å². The summed E-state index contributed by atoms with van der Waals surface area (Å²) in [6, 6.07) is 26.6. The molecule has 0 aliphatic carbocycles. The molecule has 2 aliphatic heterocycles. The summed E-state index contributed by atoms with van der Waals surface area (Å²) in [6.07, 6.45) is 2.53. The molecule has 0 amide bonds. The van der Waals surface area contributed by atoms with Crippen LogP contribution in [0.1, 0.15) is 11.1 Å². The maximum absolute atomic E-state index is 12.7. The highest BCUT2D eigenvalue weighted by Gasteiger charge is 2.21. The second kappa shape index (κ2) is 18.4. The largest absolute Gasteiger partial charge is 0.744 e. The summed E-state index contributed by atoms with van der Waals surface area (Å²) in [6.45, 7) is 4.08. The highest BCUT2D eigenvalue weighted by atomic mass is 32.2. The molecule has 320 valence electrons. The van der Waals surface area contributed by atoms with Gasteiger partial charge in [-0.3, -0.25) is 4.55 Å². The minimum atomic E-state index is -5.08. The molecule has 4 heterocycles. The Balaban J connectivity index is 1.06. The molecule has 8 rings (SSSR count). The van der Waals surface area contributed by atoms with Crippen molar-refractivity contribution in [2.24, 2.45) is 0 Å². The van der Waals surface area contributed by atoms with Crippen molar-refractivity contribution >= 4 is 90.8 Å². The van der Waals surface area contributed by atoms with Gasteiger partial charge >= 0.3 is 0 Å². The second-order valence-corrected chi connectivity index (χ2v) is 16.5. The van der Waals surface area contributed by atoms with E-state index in [1.807, 2.05) is 70.5 Å². The van der Waals surface area contributed by atoms with Gasteiger partial charge in [-0.05, 0) is 59.7 Å². The number of anilines is 10. The van der Waals surface area contributed by atoms with Crippen LogP contribution >= 0.6 is 0 Å². The molecular weight excluding hydrogens is 841 g/mol. The molecule has 2 aliphatic rings. The van der Waals surface area contributed by atoms with Gasteiger partial charge in [0.05, 0.1) is 31.3 Å².